The Morgan fingerprint density at radius 1 is 1.14 bits per heavy atom. The molecule has 6 heteroatoms. The first-order chi connectivity index (χ1) is 13.5. The standard InChI is InChI=1S/C22H22IN3O2/c1-4-28-21-11-5-17(6-12-21)22(27)25-24-14-18-13-15(2)26(16(18)3)20-9-7-19(23)8-10-20/h5-14H,4H2,1-3H3,(H,25,27)/b24-14-. The van der Waals surface area contributed by atoms with E-state index in [0.717, 1.165) is 28.4 Å². The first-order valence-electron chi connectivity index (χ1n) is 9.00. The number of hydrogen-bond donors (Lipinski definition) is 1. The Morgan fingerprint density at radius 3 is 2.46 bits per heavy atom. The molecule has 3 rings (SSSR count). The molecule has 144 valence electrons. The maximum absolute atomic E-state index is 12.2. The molecule has 0 fully saturated rings. The summed E-state index contributed by atoms with van der Waals surface area (Å²) >= 11 is 2.30. The van der Waals surface area contributed by atoms with Crippen LogP contribution in [-0.2, 0) is 0 Å². The van der Waals surface area contributed by atoms with Crippen LogP contribution in [0.1, 0.15) is 34.2 Å². The molecule has 0 bridgehead atoms. The molecule has 3 aromatic rings. The summed E-state index contributed by atoms with van der Waals surface area (Å²) in [6.07, 6.45) is 1.68. The second kappa shape index (κ2) is 9.05. The van der Waals surface area contributed by atoms with Crippen LogP contribution in [0.3, 0.4) is 0 Å². The number of nitrogens with one attached hydrogen (secondary N) is 1. The van der Waals surface area contributed by atoms with Gasteiger partial charge in [-0.3, -0.25) is 4.79 Å². The van der Waals surface area contributed by atoms with Gasteiger partial charge < -0.3 is 9.30 Å². The zero-order valence-corrected chi connectivity index (χ0v) is 18.2. The highest BCUT2D eigenvalue weighted by atomic mass is 127. The summed E-state index contributed by atoms with van der Waals surface area (Å²) < 4.78 is 8.75. The summed E-state index contributed by atoms with van der Waals surface area (Å²) in [7, 11) is 0. The van der Waals surface area contributed by atoms with Crippen LogP contribution >= 0.6 is 22.6 Å². The number of carbonyl (C=O) groups excluding carboxylic acids is 1. The van der Waals surface area contributed by atoms with E-state index in [9.17, 15) is 4.79 Å². The zero-order chi connectivity index (χ0) is 20.1. The Morgan fingerprint density at radius 2 is 1.82 bits per heavy atom. The van der Waals surface area contributed by atoms with Crippen LogP contribution in [-0.4, -0.2) is 23.3 Å². The van der Waals surface area contributed by atoms with Gasteiger partial charge in [0.1, 0.15) is 5.75 Å². The van der Waals surface area contributed by atoms with E-state index in [4.69, 9.17) is 4.74 Å². The third-order valence-corrected chi connectivity index (χ3v) is 5.07. The van der Waals surface area contributed by atoms with Crippen molar-refractivity contribution in [1.82, 2.24) is 9.99 Å². The lowest BCUT2D eigenvalue weighted by Gasteiger charge is -2.09. The van der Waals surface area contributed by atoms with E-state index in [1.165, 1.54) is 3.57 Å². The van der Waals surface area contributed by atoms with Crippen LogP contribution < -0.4 is 10.2 Å². The molecule has 0 aliphatic rings. The van der Waals surface area contributed by atoms with Crippen molar-refractivity contribution in [3.8, 4) is 11.4 Å². The minimum Gasteiger partial charge on any atom is -0.494 e. The van der Waals surface area contributed by atoms with Crippen LogP contribution in [0.5, 0.6) is 5.75 Å². The van der Waals surface area contributed by atoms with Crippen molar-refractivity contribution in [1.29, 1.82) is 0 Å². The lowest BCUT2D eigenvalue weighted by atomic mass is 10.2. The molecule has 1 heterocycles. The number of aryl methyl sites for hydroxylation is 1. The molecule has 1 amide bonds. The lowest BCUT2D eigenvalue weighted by molar-refractivity contribution is 0.0955. The largest absolute Gasteiger partial charge is 0.494 e. The van der Waals surface area contributed by atoms with E-state index < -0.39 is 0 Å². The van der Waals surface area contributed by atoms with Crippen molar-refractivity contribution in [2.75, 3.05) is 6.61 Å². The molecule has 0 saturated heterocycles. The molecular formula is C22H22IN3O2. The first kappa shape index (κ1) is 20.1. The van der Waals surface area contributed by atoms with Gasteiger partial charge in [-0.1, -0.05) is 0 Å². The molecule has 1 aromatic heterocycles. The van der Waals surface area contributed by atoms with Crippen LogP contribution in [0.15, 0.2) is 59.7 Å². The summed E-state index contributed by atoms with van der Waals surface area (Å²) in [5, 5.41) is 4.13. The fraction of sp³-hybridized carbons (Fsp3) is 0.182. The molecule has 2 aromatic carbocycles. The molecule has 0 atom stereocenters. The lowest BCUT2D eigenvalue weighted by Crippen LogP contribution is -2.17. The predicted octanol–water partition coefficient (Wildman–Crippen LogP) is 4.86. The number of hydrazone groups is 1. The van der Waals surface area contributed by atoms with E-state index in [0.29, 0.717) is 12.2 Å². The number of rotatable bonds is 6. The maximum atomic E-state index is 12.2. The van der Waals surface area contributed by atoms with Gasteiger partial charge in [-0.25, -0.2) is 5.43 Å². The van der Waals surface area contributed by atoms with E-state index in [1.807, 2.05) is 13.8 Å². The molecule has 0 unspecified atom stereocenters. The van der Waals surface area contributed by atoms with Gasteiger partial charge in [0.05, 0.1) is 12.8 Å². The number of hydrogen-bond acceptors (Lipinski definition) is 3. The molecular weight excluding hydrogens is 465 g/mol. The monoisotopic (exact) mass is 487 g/mol. The normalized spacial score (nSPS) is 11.0. The number of halogens is 1. The van der Waals surface area contributed by atoms with Crippen molar-refractivity contribution >= 4 is 34.7 Å². The van der Waals surface area contributed by atoms with Crippen LogP contribution in [0.4, 0.5) is 0 Å². The summed E-state index contributed by atoms with van der Waals surface area (Å²) in [4.78, 5) is 12.2. The van der Waals surface area contributed by atoms with E-state index in [-0.39, 0.29) is 5.91 Å². The third-order valence-electron chi connectivity index (χ3n) is 4.35. The van der Waals surface area contributed by atoms with Crippen molar-refractivity contribution in [3.63, 3.8) is 0 Å². The highest BCUT2D eigenvalue weighted by molar-refractivity contribution is 14.1. The average molecular weight is 487 g/mol. The summed E-state index contributed by atoms with van der Waals surface area (Å²) in [5.41, 5.74) is 7.36. The molecule has 0 radical (unpaired) electrons. The third kappa shape index (κ3) is 4.62. The van der Waals surface area contributed by atoms with E-state index >= 15 is 0 Å². The number of ether oxygens (including phenoxy) is 1. The quantitative estimate of drug-likeness (QED) is 0.307. The molecule has 5 nitrogen and oxygen atoms in total. The van der Waals surface area contributed by atoms with Crippen molar-refractivity contribution in [3.05, 3.63) is 80.7 Å². The summed E-state index contributed by atoms with van der Waals surface area (Å²) in [6, 6.07) is 17.4. The second-order valence-corrected chi connectivity index (χ2v) is 7.54. The van der Waals surface area contributed by atoms with Gasteiger partial charge in [0, 0.05) is 31.8 Å². The Labute approximate surface area is 178 Å². The average Bonchev–Trinajstić information content (AvgIpc) is 2.97. The number of carbonyl (C=O) groups is 1. The first-order valence-corrected chi connectivity index (χ1v) is 10.1. The Hall–Kier alpha value is -2.61. The molecule has 0 saturated carbocycles. The fourth-order valence-corrected chi connectivity index (χ4v) is 3.36. The van der Waals surface area contributed by atoms with Crippen molar-refractivity contribution < 1.29 is 9.53 Å². The Bertz CT molecular complexity index is 990. The number of benzene rings is 2. The van der Waals surface area contributed by atoms with Gasteiger partial charge in [-0.15, -0.1) is 0 Å². The van der Waals surface area contributed by atoms with Gasteiger partial charge in [-0.2, -0.15) is 5.10 Å². The summed E-state index contributed by atoms with van der Waals surface area (Å²) in [6.45, 7) is 6.61. The maximum Gasteiger partial charge on any atom is 0.271 e. The topological polar surface area (TPSA) is 55.6 Å². The van der Waals surface area contributed by atoms with Crippen LogP contribution in [0.25, 0.3) is 5.69 Å². The van der Waals surface area contributed by atoms with Gasteiger partial charge >= 0.3 is 0 Å². The van der Waals surface area contributed by atoms with Gasteiger partial charge in [0.15, 0.2) is 0 Å². The molecule has 0 spiro atoms. The predicted molar refractivity (Wildman–Crippen MR) is 121 cm³/mol. The number of amides is 1. The number of nitrogens with zero attached hydrogens (tertiary/aromatic N) is 2. The highest BCUT2D eigenvalue weighted by Crippen LogP contribution is 2.20. The second-order valence-electron chi connectivity index (χ2n) is 6.29. The van der Waals surface area contributed by atoms with Crippen molar-refractivity contribution in [2.24, 2.45) is 5.10 Å². The highest BCUT2D eigenvalue weighted by Gasteiger charge is 2.10. The van der Waals surface area contributed by atoms with Crippen LogP contribution in [0.2, 0.25) is 0 Å². The Kier molecular flexibility index (Phi) is 6.51. The van der Waals surface area contributed by atoms with E-state index in [1.54, 1.807) is 30.5 Å². The Balaban J connectivity index is 1.71. The zero-order valence-electron chi connectivity index (χ0n) is 16.1. The SMILES string of the molecule is CCOc1ccc(C(=O)N/N=C\c2cc(C)n(-c3ccc(I)cc3)c2C)cc1. The van der Waals surface area contributed by atoms with Crippen LogP contribution in [0, 0.1) is 17.4 Å². The summed E-state index contributed by atoms with van der Waals surface area (Å²) in [5.74, 6) is 0.483. The minimum absolute atomic E-state index is 0.259. The van der Waals surface area contributed by atoms with Gasteiger partial charge in [0.25, 0.3) is 5.91 Å². The minimum atomic E-state index is -0.259. The van der Waals surface area contributed by atoms with E-state index in [2.05, 4.69) is 74.9 Å². The molecule has 28 heavy (non-hydrogen) atoms. The molecule has 0 aliphatic heterocycles. The van der Waals surface area contributed by atoms with Gasteiger partial charge in [0.2, 0.25) is 0 Å². The van der Waals surface area contributed by atoms with Gasteiger partial charge in [-0.05, 0) is 98.0 Å². The fourth-order valence-electron chi connectivity index (χ4n) is 3.00. The van der Waals surface area contributed by atoms with Crippen molar-refractivity contribution in [2.45, 2.75) is 20.8 Å². The number of aromatic nitrogens is 1. The molecule has 1 N–H and O–H groups in total. The smallest absolute Gasteiger partial charge is 0.271 e. The molecule has 0 aliphatic carbocycles.